The van der Waals surface area contributed by atoms with Gasteiger partial charge in [0.05, 0.1) is 6.10 Å². The van der Waals surface area contributed by atoms with E-state index in [1.54, 1.807) is 6.92 Å². The van der Waals surface area contributed by atoms with Crippen molar-refractivity contribution in [2.24, 2.45) is 0 Å². The fraction of sp³-hybridized carbons (Fsp3) is 0.875. The molecule has 1 rings (SSSR count). The lowest BCUT2D eigenvalue weighted by molar-refractivity contribution is -0.143. The molecule has 0 saturated carbocycles. The lowest BCUT2D eigenvalue weighted by Gasteiger charge is -2.30. The smallest absolute Gasteiger partial charge is 0.258 e. The van der Waals surface area contributed by atoms with Gasteiger partial charge in [0.25, 0.3) is 5.91 Å². The molecule has 0 aromatic heterocycles. The second-order valence-corrected chi connectivity index (χ2v) is 4.22. The summed E-state index contributed by atoms with van der Waals surface area (Å²) in [5, 5.41) is 0. The van der Waals surface area contributed by atoms with Gasteiger partial charge in [-0.05, 0) is 20.7 Å². The van der Waals surface area contributed by atoms with Gasteiger partial charge in [-0.1, -0.05) is 23.2 Å². The SMILES string of the molecule is [2H]CC1(C[2H])OC(C)CN1C(=O)C(Cl)Cl. The molecule has 1 heterocycles. The van der Waals surface area contributed by atoms with Crippen molar-refractivity contribution in [3.8, 4) is 0 Å². The van der Waals surface area contributed by atoms with E-state index in [1.165, 1.54) is 4.90 Å². The number of carbonyl (C=O) groups is 1. The van der Waals surface area contributed by atoms with E-state index >= 15 is 0 Å². The number of hydrogen-bond acceptors (Lipinski definition) is 2. The number of amides is 1. The largest absolute Gasteiger partial charge is 0.351 e. The first-order valence-electron chi connectivity index (χ1n) is 5.24. The molecule has 5 heteroatoms. The highest BCUT2D eigenvalue weighted by Crippen LogP contribution is 2.28. The lowest BCUT2D eigenvalue weighted by atomic mass is 10.2. The van der Waals surface area contributed by atoms with Crippen LogP contribution in [0.4, 0.5) is 0 Å². The molecular formula is C8H13Cl2NO2. The zero-order valence-electron chi connectivity index (χ0n) is 9.30. The van der Waals surface area contributed by atoms with Crippen molar-refractivity contribution in [2.75, 3.05) is 6.54 Å². The van der Waals surface area contributed by atoms with E-state index in [-0.39, 0.29) is 19.9 Å². The summed E-state index contributed by atoms with van der Waals surface area (Å²) in [7, 11) is 0. The number of rotatable bonds is 1. The van der Waals surface area contributed by atoms with Gasteiger partial charge in [-0.2, -0.15) is 0 Å². The van der Waals surface area contributed by atoms with Gasteiger partial charge in [0, 0.05) is 9.29 Å². The standard InChI is InChI=1S/C8H13Cl2NO2/c1-5-4-11(7(12)6(9)10)8(2,3)13-5/h5-6H,4H2,1-3H3/i2D,3D. The van der Waals surface area contributed by atoms with E-state index in [4.69, 9.17) is 30.7 Å². The summed E-state index contributed by atoms with van der Waals surface area (Å²) >= 11 is 11.0. The van der Waals surface area contributed by atoms with Gasteiger partial charge in [-0.15, -0.1) is 0 Å². The molecule has 1 atom stereocenters. The number of ether oxygens (including phenoxy) is 1. The lowest BCUT2D eigenvalue weighted by Crippen LogP contribution is -2.45. The molecule has 1 saturated heterocycles. The number of nitrogens with zero attached hydrogens (tertiary/aromatic N) is 1. The Labute approximate surface area is 90.7 Å². The summed E-state index contributed by atoms with van der Waals surface area (Å²) < 4.78 is 20.2. The molecule has 0 spiro atoms. The van der Waals surface area contributed by atoms with Crippen molar-refractivity contribution in [2.45, 2.75) is 37.4 Å². The van der Waals surface area contributed by atoms with Crippen LogP contribution in [0, 0.1) is 0 Å². The average Bonchev–Trinajstić information content (AvgIpc) is 2.54. The summed E-state index contributed by atoms with van der Waals surface area (Å²) in [5.74, 6) is -0.498. The van der Waals surface area contributed by atoms with Crippen LogP contribution >= 0.6 is 23.2 Å². The van der Waals surface area contributed by atoms with Crippen LogP contribution in [0.5, 0.6) is 0 Å². The molecule has 76 valence electrons. The van der Waals surface area contributed by atoms with Gasteiger partial charge in [0.2, 0.25) is 0 Å². The molecule has 0 aliphatic carbocycles. The topological polar surface area (TPSA) is 29.5 Å². The first-order valence-corrected chi connectivity index (χ1v) is 4.70. The summed E-state index contributed by atoms with van der Waals surface area (Å²) in [6.45, 7) is 1.73. The van der Waals surface area contributed by atoms with Gasteiger partial charge in [-0.25, -0.2) is 0 Å². The maximum atomic E-state index is 11.6. The number of hydrogen-bond donors (Lipinski definition) is 0. The van der Waals surface area contributed by atoms with Gasteiger partial charge in [-0.3, -0.25) is 4.79 Å². The molecule has 1 aliphatic heterocycles. The van der Waals surface area contributed by atoms with Gasteiger partial charge >= 0.3 is 0 Å². The van der Waals surface area contributed by atoms with Crippen molar-refractivity contribution in [1.29, 1.82) is 0 Å². The van der Waals surface area contributed by atoms with Crippen molar-refractivity contribution in [3.05, 3.63) is 0 Å². The van der Waals surface area contributed by atoms with Crippen LogP contribution in [-0.2, 0) is 9.53 Å². The molecule has 0 aromatic carbocycles. The molecule has 3 nitrogen and oxygen atoms in total. The quantitative estimate of drug-likeness (QED) is 0.640. The van der Waals surface area contributed by atoms with Gasteiger partial charge in [0.1, 0.15) is 5.72 Å². The minimum absolute atomic E-state index is 0.187. The van der Waals surface area contributed by atoms with E-state index in [1.807, 2.05) is 0 Å². The molecule has 1 unspecified atom stereocenters. The monoisotopic (exact) mass is 227 g/mol. The van der Waals surface area contributed by atoms with Crippen LogP contribution in [0.2, 0.25) is 0 Å². The number of carbonyl (C=O) groups excluding carboxylic acids is 1. The molecule has 1 fully saturated rings. The summed E-state index contributed by atoms with van der Waals surface area (Å²) in [4.78, 5) is 11.8. The zero-order valence-corrected chi connectivity index (χ0v) is 8.81. The Bertz CT molecular complexity index is 249. The van der Waals surface area contributed by atoms with E-state index in [9.17, 15) is 4.79 Å². The van der Waals surface area contributed by atoms with Crippen LogP contribution in [0.15, 0.2) is 0 Å². The molecule has 1 aliphatic rings. The Morgan fingerprint density at radius 2 is 2.38 bits per heavy atom. The van der Waals surface area contributed by atoms with Gasteiger partial charge < -0.3 is 9.64 Å². The third kappa shape index (κ3) is 2.27. The van der Waals surface area contributed by atoms with E-state index in [2.05, 4.69) is 0 Å². The predicted molar refractivity (Wildman–Crippen MR) is 51.8 cm³/mol. The normalized spacial score (nSPS) is 28.9. The maximum Gasteiger partial charge on any atom is 0.258 e. The van der Waals surface area contributed by atoms with Crippen LogP contribution in [0.3, 0.4) is 0 Å². The first kappa shape index (κ1) is 8.33. The van der Waals surface area contributed by atoms with Crippen LogP contribution in [0.25, 0.3) is 0 Å². The minimum atomic E-state index is -1.18. The third-order valence-electron chi connectivity index (χ3n) is 1.80. The highest BCUT2D eigenvalue weighted by Gasteiger charge is 2.41. The van der Waals surface area contributed by atoms with Crippen LogP contribution in [0.1, 0.15) is 23.5 Å². The first-order chi connectivity index (χ1) is 6.96. The average molecular weight is 228 g/mol. The zero-order chi connectivity index (χ0) is 11.6. The van der Waals surface area contributed by atoms with Gasteiger partial charge in [0.15, 0.2) is 4.84 Å². The van der Waals surface area contributed by atoms with Crippen molar-refractivity contribution >= 4 is 29.1 Å². The molecular weight excluding hydrogens is 213 g/mol. The van der Waals surface area contributed by atoms with Crippen LogP contribution < -0.4 is 0 Å². The second-order valence-electron chi connectivity index (χ2n) is 3.12. The molecule has 0 bridgehead atoms. The fourth-order valence-corrected chi connectivity index (χ4v) is 1.54. The predicted octanol–water partition coefficient (Wildman–Crippen LogP) is 1.77. The number of halogens is 2. The van der Waals surface area contributed by atoms with Crippen molar-refractivity contribution in [1.82, 2.24) is 4.90 Å². The van der Waals surface area contributed by atoms with E-state index in [0.717, 1.165) is 0 Å². The molecule has 0 aromatic rings. The highest BCUT2D eigenvalue weighted by molar-refractivity contribution is 6.53. The fourth-order valence-electron chi connectivity index (χ4n) is 1.31. The highest BCUT2D eigenvalue weighted by atomic mass is 35.5. The van der Waals surface area contributed by atoms with Crippen molar-refractivity contribution in [3.63, 3.8) is 0 Å². The Morgan fingerprint density at radius 1 is 1.77 bits per heavy atom. The molecule has 13 heavy (non-hydrogen) atoms. The van der Waals surface area contributed by atoms with E-state index in [0.29, 0.717) is 6.54 Å². The Kier molecular flexibility index (Phi) is 2.33. The summed E-state index contributed by atoms with van der Waals surface area (Å²) in [6, 6.07) is 0. The maximum absolute atomic E-state index is 11.6. The Balaban J connectivity index is 2.90. The Hall–Kier alpha value is 0.01000. The van der Waals surface area contributed by atoms with E-state index < -0.39 is 16.5 Å². The number of alkyl halides is 2. The van der Waals surface area contributed by atoms with Crippen LogP contribution in [-0.4, -0.2) is 34.0 Å². The molecule has 0 N–H and O–H groups in total. The molecule has 1 amide bonds. The molecule has 0 radical (unpaired) electrons. The van der Waals surface area contributed by atoms with Crippen molar-refractivity contribution < 1.29 is 12.3 Å². The second kappa shape index (κ2) is 3.64. The third-order valence-corrected chi connectivity index (χ3v) is 2.18. The summed E-state index contributed by atoms with van der Waals surface area (Å²) in [6.07, 6.45) is -0.197. The minimum Gasteiger partial charge on any atom is -0.351 e. The Morgan fingerprint density at radius 3 is 2.85 bits per heavy atom. The summed E-state index contributed by atoms with van der Waals surface area (Å²) in [5.41, 5.74) is -1.18.